The van der Waals surface area contributed by atoms with Gasteiger partial charge in [0.25, 0.3) is 0 Å². The maximum Gasteiger partial charge on any atom is 0.225 e. The van der Waals surface area contributed by atoms with E-state index in [0.717, 1.165) is 43.9 Å². The van der Waals surface area contributed by atoms with Crippen LogP contribution in [0.4, 0.5) is 0 Å². The van der Waals surface area contributed by atoms with Crippen LogP contribution in [0.15, 0.2) is 0 Å². The van der Waals surface area contributed by atoms with E-state index in [-0.39, 0.29) is 12.0 Å². The second-order valence-electron chi connectivity index (χ2n) is 5.21. The summed E-state index contributed by atoms with van der Waals surface area (Å²) in [6.07, 6.45) is 3.43. The second kappa shape index (κ2) is 6.10. The van der Waals surface area contributed by atoms with Crippen LogP contribution in [0.1, 0.15) is 26.2 Å². The molecule has 0 spiro atoms. The van der Waals surface area contributed by atoms with Gasteiger partial charge in [0.05, 0.1) is 6.10 Å². The summed E-state index contributed by atoms with van der Waals surface area (Å²) >= 11 is 1.97. The first-order valence-electron chi connectivity index (χ1n) is 6.61. The molecule has 3 nitrogen and oxygen atoms in total. The highest BCUT2D eigenvalue weighted by atomic mass is 32.2. The summed E-state index contributed by atoms with van der Waals surface area (Å²) in [7, 11) is 1.76. The molecule has 17 heavy (non-hydrogen) atoms. The fraction of sp³-hybridized carbons (Fsp3) is 0.923. The van der Waals surface area contributed by atoms with Crippen molar-refractivity contribution in [3.8, 4) is 0 Å². The highest BCUT2D eigenvalue weighted by molar-refractivity contribution is 7.99. The summed E-state index contributed by atoms with van der Waals surface area (Å²) < 4.78 is 5.47. The zero-order valence-corrected chi connectivity index (χ0v) is 11.7. The molecule has 2 fully saturated rings. The number of hydrogen-bond donors (Lipinski definition) is 0. The number of hydrogen-bond acceptors (Lipinski definition) is 3. The predicted molar refractivity (Wildman–Crippen MR) is 71.2 cm³/mol. The number of piperidine rings is 1. The molecule has 4 heteroatoms. The average Bonchev–Trinajstić information content (AvgIpc) is 2.39. The van der Waals surface area contributed by atoms with Crippen LogP contribution in [0.3, 0.4) is 0 Å². The quantitative estimate of drug-likeness (QED) is 0.758. The van der Waals surface area contributed by atoms with Crippen LogP contribution >= 0.6 is 11.8 Å². The van der Waals surface area contributed by atoms with E-state index < -0.39 is 0 Å². The number of likely N-dealkylation sites (tertiary alicyclic amines) is 1. The van der Waals surface area contributed by atoms with Gasteiger partial charge in [0.1, 0.15) is 0 Å². The Morgan fingerprint density at radius 3 is 2.65 bits per heavy atom. The van der Waals surface area contributed by atoms with Crippen molar-refractivity contribution in [3.63, 3.8) is 0 Å². The van der Waals surface area contributed by atoms with Gasteiger partial charge in [0.2, 0.25) is 5.91 Å². The Kier molecular flexibility index (Phi) is 4.74. The lowest BCUT2D eigenvalue weighted by Crippen LogP contribution is -2.49. The molecule has 2 aliphatic rings. The molecule has 0 bridgehead atoms. The predicted octanol–water partition coefficient (Wildman–Crippen LogP) is 2.01. The molecule has 0 aromatic heterocycles. The van der Waals surface area contributed by atoms with E-state index in [4.69, 9.17) is 4.74 Å². The summed E-state index contributed by atoms with van der Waals surface area (Å²) in [5, 5.41) is 0. The van der Waals surface area contributed by atoms with E-state index >= 15 is 0 Å². The smallest absolute Gasteiger partial charge is 0.225 e. The van der Waals surface area contributed by atoms with Crippen LogP contribution in [0.2, 0.25) is 0 Å². The van der Waals surface area contributed by atoms with Gasteiger partial charge in [-0.3, -0.25) is 4.79 Å². The Bertz CT molecular complexity index is 266. The molecule has 0 saturated carbocycles. The fourth-order valence-corrected chi connectivity index (χ4v) is 3.85. The Balaban J connectivity index is 1.90. The molecule has 0 radical (unpaired) electrons. The van der Waals surface area contributed by atoms with Crippen molar-refractivity contribution in [1.82, 2.24) is 4.90 Å². The van der Waals surface area contributed by atoms with Gasteiger partial charge in [-0.15, -0.1) is 0 Å². The van der Waals surface area contributed by atoms with Crippen molar-refractivity contribution in [2.75, 3.05) is 31.7 Å². The molecule has 2 heterocycles. The molecule has 1 amide bonds. The molecule has 2 atom stereocenters. The second-order valence-corrected chi connectivity index (χ2v) is 6.44. The number of methoxy groups -OCH3 is 1. The summed E-state index contributed by atoms with van der Waals surface area (Å²) in [6, 6.07) is 0. The maximum atomic E-state index is 12.4. The lowest BCUT2D eigenvalue weighted by molar-refractivity contribution is -0.140. The van der Waals surface area contributed by atoms with E-state index in [9.17, 15) is 4.79 Å². The third-order valence-electron chi connectivity index (χ3n) is 4.07. The monoisotopic (exact) mass is 257 g/mol. The zero-order valence-electron chi connectivity index (χ0n) is 10.9. The van der Waals surface area contributed by atoms with E-state index in [1.54, 1.807) is 7.11 Å². The summed E-state index contributed by atoms with van der Waals surface area (Å²) in [5.74, 6) is 3.52. The summed E-state index contributed by atoms with van der Waals surface area (Å²) in [6.45, 7) is 3.93. The number of thioether (sulfide) groups is 1. The standard InChI is InChI=1S/C13H23NO2S/c1-10-3-6-14(9-12(10)16-2)13(15)11-4-7-17-8-5-11/h10-12H,3-9H2,1-2H3. The van der Waals surface area contributed by atoms with E-state index in [0.29, 0.717) is 11.8 Å². The molecule has 2 rings (SSSR count). The lowest BCUT2D eigenvalue weighted by atomic mass is 9.93. The van der Waals surface area contributed by atoms with E-state index in [1.807, 2.05) is 16.7 Å². The molecular weight excluding hydrogens is 234 g/mol. The van der Waals surface area contributed by atoms with Crippen molar-refractivity contribution in [3.05, 3.63) is 0 Å². The number of rotatable bonds is 2. The van der Waals surface area contributed by atoms with Crippen LogP contribution in [0.5, 0.6) is 0 Å². The molecule has 2 saturated heterocycles. The van der Waals surface area contributed by atoms with Gasteiger partial charge in [-0.2, -0.15) is 11.8 Å². The van der Waals surface area contributed by atoms with Crippen molar-refractivity contribution in [1.29, 1.82) is 0 Å². The first-order valence-corrected chi connectivity index (χ1v) is 7.77. The highest BCUT2D eigenvalue weighted by Crippen LogP contribution is 2.27. The molecule has 2 aliphatic heterocycles. The number of nitrogens with zero attached hydrogens (tertiary/aromatic N) is 1. The van der Waals surface area contributed by atoms with Crippen LogP contribution < -0.4 is 0 Å². The molecule has 2 unspecified atom stereocenters. The van der Waals surface area contributed by atoms with Crippen molar-refractivity contribution in [2.24, 2.45) is 11.8 Å². The topological polar surface area (TPSA) is 29.5 Å². The largest absolute Gasteiger partial charge is 0.379 e. The lowest BCUT2D eigenvalue weighted by Gasteiger charge is -2.38. The Hall–Kier alpha value is -0.220. The maximum absolute atomic E-state index is 12.4. The first-order chi connectivity index (χ1) is 8.22. The molecule has 0 aliphatic carbocycles. The van der Waals surface area contributed by atoms with Gasteiger partial charge in [-0.1, -0.05) is 6.92 Å². The molecule has 98 valence electrons. The molecule has 0 N–H and O–H groups in total. The van der Waals surface area contributed by atoms with Crippen molar-refractivity contribution >= 4 is 17.7 Å². The minimum Gasteiger partial charge on any atom is -0.379 e. The third-order valence-corrected chi connectivity index (χ3v) is 5.12. The average molecular weight is 257 g/mol. The van der Waals surface area contributed by atoms with Crippen LogP contribution in [-0.4, -0.2) is 48.6 Å². The minimum absolute atomic E-state index is 0.227. The van der Waals surface area contributed by atoms with Crippen LogP contribution in [-0.2, 0) is 9.53 Å². The zero-order chi connectivity index (χ0) is 12.3. The minimum atomic E-state index is 0.227. The number of carbonyl (C=O) groups excluding carboxylic acids is 1. The Labute approximate surface area is 108 Å². The van der Waals surface area contributed by atoms with Crippen LogP contribution in [0.25, 0.3) is 0 Å². The highest BCUT2D eigenvalue weighted by Gasteiger charge is 2.32. The van der Waals surface area contributed by atoms with Gasteiger partial charge in [-0.05, 0) is 36.7 Å². The van der Waals surface area contributed by atoms with E-state index in [2.05, 4.69) is 6.92 Å². The van der Waals surface area contributed by atoms with Gasteiger partial charge in [-0.25, -0.2) is 0 Å². The van der Waals surface area contributed by atoms with Crippen molar-refractivity contribution < 1.29 is 9.53 Å². The van der Waals surface area contributed by atoms with Gasteiger partial charge in [0, 0.05) is 26.1 Å². The van der Waals surface area contributed by atoms with Gasteiger partial charge < -0.3 is 9.64 Å². The Morgan fingerprint density at radius 2 is 2.00 bits per heavy atom. The summed E-state index contributed by atoms with van der Waals surface area (Å²) in [5.41, 5.74) is 0. The number of carbonyl (C=O) groups is 1. The van der Waals surface area contributed by atoms with Crippen molar-refractivity contribution in [2.45, 2.75) is 32.3 Å². The van der Waals surface area contributed by atoms with Crippen LogP contribution in [0, 0.1) is 11.8 Å². The molecule has 0 aromatic carbocycles. The molecule has 0 aromatic rings. The third kappa shape index (κ3) is 3.16. The SMILES string of the molecule is COC1CN(C(=O)C2CCSCC2)CCC1C. The van der Waals surface area contributed by atoms with Gasteiger partial charge >= 0.3 is 0 Å². The van der Waals surface area contributed by atoms with E-state index in [1.165, 1.54) is 0 Å². The molecular formula is C13H23NO2S. The normalized spacial score (nSPS) is 31.5. The van der Waals surface area contributed by atoms with Gasteiger partial charge in [0.15, 0.2) is 0 Å². The number of amides is 1. The summed E-state index contributed by atoms with van der Waals surface area (Å²) in [4.78, 5) is 14.4. The first kappa shape index (κ1) is 13.2. The Morgan fingerprint density at radius 1 is 1.29 bits per heavy atom. The fourth-order valence-electron chi connectivity index (χ4n) is 2.74. The number of ether oxygens (including phenoxy) is 1.